The molecule has 4 aromatic carbocycles. The highest BCUT2D eigenvalue weighted by atomic mass is 19.1. The Morgan fingerprint density at radius 2 is 1.51 bits per heavy atom. The summed E-state index contributed by atoms with van der Waals surface area (Å²) >= 11 is 0. The maximum absolute atomic E-state index is 15.1. The normalized spacial score (nSPS) is 15.9. The van der Waals surface area contributed by atoms with Crippen molar-refractivity contribution in [2.45, 2.75) is 44.1 Å². The van der Waals surface area contributed by atoms with Gasteiger partial charge in [0.2, 0.25) is 0 Å². The molecule has 1 N–H and O–H groups in total. The van der Waals surface area contributed by atoms with Gasteiger partial charge in [0, 0.05) is 12.5 Å². The molecule has 45 heavy (non-hydrogen) atoms. The Balaban J connectivity index is 1.34. The second-order valence-electron chi connectivity index (χ2n) is 11.2. The van der Waals surface area contributed by atoms with Crippen LogP contribution in [0.5, 0.6) is 5.75 Å². The molecule has 2 heterocycles. The number of hydrogen-bond acceptors (Lipinski definition) is 5. The zero-order chi connectivity index (χ0) is 31.2. The first-order valence-corrected chi connectivity index (χ1v) is 15.1. The number of hydrogen-bond donors (Lipinski definition) is 1. The highest BCUT2D eigenvalue weighted by Crippen LogP contribution is 2.36. The fraction of sp³-hybridized carbons (Fsp3) is 0.216. The van der Waals surface area contributed by atoms with Crippen LogP contribution in [0.15, 0.2) is 126 Å². The van der Waals surface area contributed by atoms with Crippen molar-refractivity contribution in [1.82, 2.24) is 14.7 Å². The minimum atomic E-state index is -1.14. The fourth-order valence-corrected chi connectivity index (χ4v) is 6.05. The summed E-state index contributed by atoms with van der Waals surface area (Å²) in [7, 11) is 0. The Morgan fingerprint density at radius 3 is 2.20 bits per heavy atom. The second kappa shape index (κ2) is 13.7. The standard InChI is InChI=1S/C37H34FN3O4/c38-30-20-11-10-19-29(30)33(28-17-8-3-9-18-28)35(42)31-21-12-22-41(31)37(44)34-36(43)32(45-25-27-15-6-2-7-16-27)24-40(39-34)23-26-13-4-1-5-14-26/h1-11,13-20,24,31,33,35,42H,12,21-23,25H2/t31-,33+,35+/m1/s1. The van der Waals surface area contributed by atoms with E-state index in [0.29, 0.717) is 31.5 Å². The molecule has 228 valence electrons. The summed E-state index contributed by atoms with van der Waals surface area (Å²) in [6.45, 7) is 0.790. The molecule has 1 amide bonds. The zero-order valence-corrected chi connectivity index (χ0v) is 24.7. The SMILES string of the molecule is O=C(c1nn(Cc2ccccc2)cc(OCc2ccccc2)c1=O)N1CCC[C@@H]1[C@H](O)[C@@H](c1ccccc1)c1ccccc1F. The summed E-state index contributed by atoms with van der Waals surface area (Å²) < 4.78 is 22.7. The fourth-order valence-electron chi connectivity index (χ4n) is 6.05. The number of carbonyl (C=O) groups excluding carboxylic acids is 1. The monoisotopic (exact) mass is 603 g/mol. The van der Waals surface area contributed by atoms with Crippen molar-refractivity contribution in [3.8, 4) is 5.75 Å². The Morgan fingerprint density at radius 1 is 0.889 bits per heavy atom. The van der Waals surface area contributed by atoms with Crippen LogP contribution in [0.25, 0.3) is 0 Å². The number of ether oxygens (including phenoxy) is 1. The number of carbonyl (C=O) groups is 1. The van der Waals surface area contributed by atoms with Crippen LogP contribution in [0.4, 0.5) is 4.39 Å². The number of nitrogens with zero attached hydrogens (tertiary/aromatic N) is 3. The van der Waals surface area contributed by atoms with Gasteiger partial charge in [0.1, 0.15) is 12.4 Å². The lowest BCUT2D eigenvalue weighted by molar-refractivity contribution is 0.0426. The highest BCUT2D eigenvalue weighted by Gasteiger charge is 2.41. The van der Waals surface area contributed by atoms with Gasteiger partial charge in [-0.1, -0.05) is 109 Å². The third-order valence-electron chi connectivity index (χ3n) is 8.26. The molecule has 3 atom stereocenters. The van der Waals surface area contributed by atoms with Gasteiger partial charge in [0.15, 0.2) is 11.4 Å². The minimum Gasteiger partial charge on any atom is -0.483 e. The van der Waals surface area contributed by atoms with Crippen LogP contribution in [0.2, 0.25) is 0 Å². The first-order chi connectivity index (χ1) is 22.0. The van der Waals surface area contributed by atoms with Crippen molar-refractivity contribution >= 4 is 5.91 Å². The Labute approximate surface area is 261 Å². The summed E-state index contributed by atoms with van der Waals surface area (Å²) in [6.07, 6.45) is 1.50. The van der Waals surface area contributed by atoms with Gasteiger partial charge in [-0.05, 0) is 41.2 Å². The lowest BCUT2D eigenvalue weighted by Gasteiger charge is -2.34. The Bertz CT molecular complexity index is 1800. The third-order valence-corrected chi connectivity index (χ3v) is 8.26. The van der Waals surface area contributed by atoms with Gasteiger partial charge in [0.25, 0.3) is 11.3 Å². The summed E-state index contributed by atoms with van der Waals surface area (Å²) in [6, 6.07) is 34.0. The molecule has 0 saturated carbocycles. The predicted molar refractivity (Wildman–Crippen MR) is 170 cm³/mol. The van der Waals surface area contributed by atoms with E-state index in [1.807, 2.05) is 91.0 Å². The quantitative estimate of drug-likeness (QED) is 0.218. The van der Waals surface area contributed by atoms with E-state index < -0.39 is 35.2 Å². The molecule has 1 aliphatic heterocycles. The largest absolute Gasteiger partial charge is 0.483 e. The molecular weight excluding hydrogens is 569 g/mol. The number of aromatic nitrogens is 2. The van der Waals surface area contributed by atoms with Crippen LogP contribution in [-0.2, 0) is 13.2 Å². The van der Waals surface area contributed by atoms with Crippen molar-refractivity contribution in [2.24, 2.45) is 0 Å². The molecular formula is C37H34FN3O4. The molecule has 5 aromatic rings. The maximum Gasteiger partial charge on any atom is 0.278 e. The summed E-state index contributed by atoms with van der Waals surface area (Å²) in [5, 5.41) is 16.4. The smallest absolute Gasteiger partial charge is 0.278 e. The van der Waals surface area contributed by atoms with E-state index in [4.69, 9.17) is 4.74 Å². The molecule has 7 nitrogen and oxygen atoms in total. The van der Waals surface area contributed by atoms with E-state index in [0.717, 1.165) is 16.7 Å². The number of rotatable bonds is 10. The van der Waals surface area contributed by atoms with Crippen molar-refractivity contribution in [3.63, 3.8) is 0 Å². The van der Waals surface area contributed by atoms with Crippen LogP contribution in [0.1, 0.15) is 51.5 Å². The van der Waals surface area contributed by atoms with Crippen molar-refractivity contribution in [1.29, 1.82) is 0 Å². The van der Waals surface area contributed by atoms with Crippen molar-refractivity contribution in [3.05, 3.63) is 165 Å². The summed E-state index contributed by atoms with van der Waals surface area (Å²) in [5.74, 6) is -1.74. The molecule has 1 aromatic heterocycles. The first kappa shape index (κ1) is 30.0. The zero-order valence-electron chi connectivity index (χ0n) is 24.7. The number of aliphatic hydroxyl groups excluding tert-OH is 1. The van der Waals surface area contributed by atoms with Gasteiger partial charge in [-0.3, -0.25) is 14.3 Å². The van der Waals surface area contributed by atoms with E-state index in [9.17, 15) is 14.7 Å². The molecule has 6 rings (SSSR count). The lowest BCUT2D eigenvalue weighted by atomic mass is 9.82. The van der Waals surface area contributed by atoms with E-state index >= 15 is 4.39 Å². The van der Waals surface area contributed by atoms with Gasteiger partial charge in [-0.25, -0.2) is 4.39 Å². The Hall–Kier alpha value is -5.08. The maximum atomic E-state index is 15.1. The van der Waals surface area contributed by atoms with Gasteiger partial charge in [-0.2, -0.15) is 5.10 Å². The van der Waals surface area contributed by atoms with Gasteiger partial charge in [-0.15, -0.1) is 0 Å². The van der Waals surface area contributed by atoms with Crippen LogP contribution in [-0.4, -0.2) is 44.4 Å². The number of aliphatic hydroxyl groups is 1. The van der Waals surface area contributed by atoms with E-state index in [2.05, 4.69) is 5.10 Å². The van der Waals surface area contributed by atoms with Crippen LogP contribution in [0, 0.1) is 5.82 Å². The molecule has 1 aliphatic rings. The number of likely N-dealkylation sites (tertiary alicyclic amines) is 1. The van der Waals surface area contributed by atoms with Crippen LogP contribution < -0.4 is 10.2 Å². The second-order valence-corrected chi connectivity index (χ2v) is 11.2. The van der Waals surface area contributed by atoms with Gasteiger partial charge in [0.05, 0.1) is 24.9 Å². The van der Waals surface area contributed by atoms with Crippen molar-refractivity contribution in [2.75, 3.05) is 6.54 Å². The molecule has 1 fully saturated rings. The molecule has 0 unspecified atom stereocenters. The van der Waals surface area contributed by atoms with Gasteiger partial charge < -0.3 is 14.7 Å². The van der Waals surface area contributed by atoms with Crippen LogP contribution in [0.3, 0.4) is 0 Å². The predicted octanol–water partition coefficient (Wildman–Crippen LogP) is 5.81. The van der Waals surface area contributed by atoms with E-state index in [1.54, 1.807) is 18.2 Å². The van der Waals surface area contributed by atoms with Crippen LogP contribution >= 0.6 is 0 Å². The molecule has 0 aliphatic carbocycles. The highest BCUT2D eigenvalue weighted by molar-refractivity contribution is 5.93. The molecule has 1 saturated heterocycles. The molecule has 0 spiro atoms. The average molecular weight is 604 g/mol. The van der Waals surface area contributed by atoms with E-state index in [1.165, 1.54) is 21.8 Å². The molecule has 0 radical (unpaired) electrons. The molecule has 0 bridgehead atoms. The first-order valence-electron chi connectivity index (χ1n) is 15.1. The minimum absolute atomic E-state index is 0.0120. The number of benzene rings is 4. The topological polar surface area (TPSA) is 84.7 Å². The number of amides is 1. The van der Waals surface area contributed by atoms with Crippen molar-refractivity contribution < 1.29 is 19.0 Å². The molecule has 8 heteroatoms. The third kappa shape index (κ3) is 6.71. The van der Waals surface area contributed by atoms with E-state index in [-0.39, 0.29) is 18.1 Å². The number of halogens is 1. The average Bonchev–Trinajstić information content (AvgIpc) is 3.57. The summed E-state index contributed by atoms with van der Waals surface area (Å²) in [5.41, 5.74) is 1.99. The summed E-state index contributed by atoms with van der Waals surface area (Å²) in [4.78, 5) is 29.4. The lowest BCUT2D eigenvalue weighted by Crippen LogP contribution is -2.47. The van der Waals surface area contributed by atoms with Gasteiger partial charge >= 0.3 is 0 Å². The Kier molecular flexibility index (Phi) is 9.12.